The van der Waals surface area contributed by atoms with Crippen molar-refractivity contribution in [2.24, 2.45) is 0 Å². The number of nitrogen functional groups attached to an aromatic ring is 1. The van der Waals surface area contributed by atoms with Crippen LogP contribution in [0.25, 0.3) is 11.3 Å². The van der Waals surface area contributed by atoms with Crippen molar-refractivity contribution in [3.8, 4) is 28.9 Å². The Kier molecular flexibility index (Phi) is 5.28. The highest BCUT2D eigenvalue weighted by Gasteiger charge is 2.23. The Bertz CT molecular complexity index is 1060. The van der Waals surface area contributed by atoms with Crippen molar-refractivity contribution in [1.82, 2.24) is 14.7 Å². The van der Waals surface area contributed by atoms with Gasteiger partial charge in [0.05, 0.1) is 23.3 Å². The normalized spacial score (nSPS) is 16.4. The third kappa shape index (κ3) is 4.13. The van der Waals surface area contributed by atoms with Gasteiger partial charge in [0.1, 0.15) is 23.1 Å². The number of halogens is 2. The van der Waals surface area contributed by atoms with Crippen LogP contribution < -0.4 is 10.5 Å². The van der Waals surface area contributed by atoms with Gasteiger partial charge in [0.15, 0.2) is 6.19 Å². The summed E-state index contributed by atoms with van der Waals surface area (Å²) in [6.45, 7) is 1.40. The number of benzene rings is 2. The van der Waals surface area contributed by atoms with Gasteiger partial charge in [-0.3, -0.25) is 0 Å². The van der Waals surface area contributed by atoms with Crippen molar-refractivity contribution in [2.75, 3.05) is 18.8 Å². The fraction of sp³-hybridized carbons (Fsp3) is 0.238. The average Bonchev–Trinajstić information content (AvgIpc) is 3.12. The second-order valence-corrected chi connectivity index (χ2v) is 7.35. The quantitative estimate of drug-likeness (QED) is 0.621. The van der Waals surface area contributed by atoms with Crippen LogP contribution in [-0.2, 0) is 0 Å². The molecule has 0 radical (unpaired) electrons. The minimum absolute atomic E-state index is 0.0837. The molecule has 0 spiro atoms. The molecule has 0 bridgehead atoms. The number of hydrogen-bond donors (Lipinski definition) is 1. The van der Waals surface area contributed by atoms with Crippen LogP contribution in [0.1, 0.15) is 18.9 Å². The van der Waals surface area contributed by atoms with E-state index >= 15 is 0 Å². The highest BCUT2D eigenvalue weighted by molar-refractivity contribution is 6.32. The zero-order valence-corrected chi connectivity index (χ0v) is 16.3. The van der Waals surface area contributed by atoms with E-state index in [1.165, 1.54) is 18.2 Å². The number of nitriles is 1. The molecule has 2 aromatic carbocycles. The molecule has 0 amide bonds. The summed E-state index contributed by atoms with van der Waals surface area (Å²) in [5, 5.41) is 14.0. The molecule has 148 valence electrons. The summed E-state index contributed by atoms with van der Waals surface area (Å²) in [6.07, 6.45) is 4.08. The lowest BCUT2D eigenvalue weighted by Crippen LogP contribution is -2.34. The summed E-state index contributed by atoms with van der Waals surface area (Å²) in [7, 11) is 0. The molecule has 1 aliphatic heterocycles. The maximum Gasteiger partial charge on any atom is 0.179 e. The van der Waals surface area contributed by atoms with Gasteiger partial charge in [-0.15, -0.1) is 0 Å². The van der Waals surface area contributed by atoms with Crippen LogP contribution in [-0.4, -0.2) is 27.8 Å². The number of anilines is 1. The Morgan fingerprint density at radius 1 is 1.21 bits per heavy atom. The van der Waals surface area contributed by atoms with Crippen molar-refractivity contribution >= 4 is 17.4 Å². The van der Waals surface area contributed by atoms with Gasteiger partial charge in [-0.25, -0.2) is 9.07 Å². The van der Waals surface area contributed by atoms with Crippen LogP contribution in [0, 0.1) is 17.3 Å². The van der Waals surface area contributed by atoms with E-state index in [9.17, 15) is 4.39 Å². The molecule has 1 aliphatic rings. The van der Waals surface area contributed by atoms with E-state index in [0.29, 0.717) is 23.9 Å². The number of rotatable bonds is 4. The molecule has 2 N–H and O–H groups in total. The standard InChI is InChI=1S/C21H19ClFN5O/c22-18-10-15(23)5-8-20(18)29-17-6-3-14(4-7-17)19-11-21(25)28(26-19)16-2-1-9-27(12-16)13-24/h3-8,10-11,16H,1-2,9,12,25H2/t16-/m1/s1. The Hall–Kier alpha value is -3.24. The van der Waals surface area contributed by atoms with E-state index < -0.39 is 5.82 Å². The first-order valence-electron chi connectivity index (χ1n) is 9.26. The van der Waals surface area contributed by atoms with Crippen LogP contribution in [0.5, 0.6) is 11.5 Å². The van der Waals surface area contributed by atoms with Crippen molar-refractivity contribution < 1.29 is 9.13 Å². The number of likely N-dealkylation sites (tertiary alicyclic amines) is 1. The zero-order valence-electron chi connectivity index (χ0n) is 15.6. The molecule has 8 heteroatoms. The number of aromatic nitrogens is 2. The van der Waals surface area contributed by atoms with Crippen LogP contribution in [0.3, 0.4) is 0 Å². The van der Waals surface area contributed by atoms with Gasteiger partial charge in [-0.1, -0.05) is 11.6 Å². The molecule has 1 atom stereocenters. The molecule has 0 aliphatic carbocycles. The maximum absolute atomic E-state index is 13.2. The number of nitrogens with two attached hydrogens (primary N) is 1. The second kappa shape index (κ2) is 8.02. The first-order chi connectivity index (χ1) is 14.0. The van der Waals surface area contributed by atoms with Gasteiger partial charge in [0.2, 0.25) is 0 Å². The highest BCUT2D eigenvalue weighted by atomic mass is 35.5. The molecular formula is C21H19ClFN5O. The minimum atomic E-state index is -0.415. The van der Waals surface area contributed by atoms with Crippen LogP contribution in [0.4, 0.5) is 10.2 Å². The molecule has 3 aromatic rings. The molecule has 1 saturated heterocycles. The summed E-state index contributed by atoms with van der Waals surface area (Å²) < 4.78 is 20.7. The Morgan fingerprint density at radius 2 is 2.00 bits per heavy atom. The van der Waals surface area contributed by atoms with Crippen LogP contribution in [0.15, 0.2) is 48.5 Å². The van der Waals surface area contributed by atoms with E-state index in [2.05, 4.69) is 11.3 Å². The fourth-order valence-electron chi connectivity index (χ4n) is 3.47. The van der Waals surface area contributed by atoms with Crippen molar-refractivity contribution in [3.63, 3.8) is 0 Å². The lowest BCUT2D eigenvalue weighted by atomic mass is 10.1. The van der Waals surface area contributed by atoms with E-state index in [4.69, 9.17) is 27.3 Å². The third-order valence-electron chi connectivity index (χ3n) is 4.92. The fourth-order valence-corrected chi connectivity index (χ4v) is 3.67. The Balaban J connectivity index is 1.51. The smallest absolute Gasteiger partial charge is 0.179 e. The molecule has 0 unspecified atom stereocenters. The molecule has 1 fully saturated rings. The number of ether oxygens (including phenoxy) is 1. The summed E-state index contributed by atoms with van der Waals surface area (Å²) in [4.78, 5) is 1.74. The summed E-state index contributed by atoms with van der Waals surface area (Å²) in [5.74, 6) is 1.12. The molecule has 6 nitrogen and oxygen atoms in total. The zero-order chi connectivity index (χ0) is 20.4. The van der Waals surface area contributed by atoms with Gasteiger partial charge in [0.25, 0.3) is 0 Å². The van der Waals surface area contributed by atoms with Gasteiger partial charge in [-0.2, -0.15) is 10.4 Å². The van der Waals surface area contributed by atoms with Crippen LogP contribution >= 0.6 is 11.6 Å². The van der Waals surface area contributed by atoms with E-state index in [1.54, 1.807) is 17.0 Å². The van der Waals surface area contributed by atoms with Gasteiger partial charge < -0.3 is 15.4 Å². The Morgan fingerprint density at radius 3 is 2.72 bits per heavy atom. The lowest BCUT2D eigenvalue weighted by Gasteiger charge is -2.29. The molecule has 1 aromatic heterocycles. The highest BCUT2D eigenvalue weighted by Crippen LogP contribution is 2.32. The maximum atomic E-state index is 13.2. The van der Waals surface area contributed by atoms with Crippen molar-refractivity contribution in [3.05, 3.63) is 59.4 Å². The van der Waals surface area contributed by atoms with E-state index in [1.807, 2.05) is 22.9 Å². The SMILES string of the molecule is N#CN1CCC[C@@H](n2nc(-c3ccc(Oc4ccc(F)cc4Cl)cc3)cc2N)C1. The lowest BCUT2D eigenvalue weighted by molar-refractivity contribution is 0.235. The summed E-state index contributed by atoms with van der Waals surface area (Å²) in [5.41, 5.74) is 7.83. The van der Waals surface area contributed by atoms with E-state index in [0.717, 1.165) is 30.6 Å². The van der Waals surface area contributed by atoms with Crippen molar-refractivity contribution in [1.29, 1.82) is 5.26 Å². The number of piperidine rings is 1. The number of hydrogen-bond acceptors (Lipinski definition) is 5. The van der Waals surface area contributed by atoms with E-state index in [-0.39, 0.29) is 11.1 Å². The average molecular weight is 412 g/mol. The second-order valence-electron chi connectivity index (χ2n) is 6.94. The molecule has 2 heterocycles. The third-order valence-corrected chi connectivity index (χ3v) is 5.22. The van der Waals surface area contributed by atoms with Gasteiger partial charge in [-0.05, 0) is 55.3 Å². The topological polar surface area (TPSA) is 80.1 Å². The Labute approximate surface area is 172 Å². The predicted molar refractivity (Wildman–Crippen MR) is 109 cm³/mol. The first-order valence-corrected chi connectivity index (χ1v) is 9.64. The minimum Gasteiger partial charge on any atom is -0.456 e. The molecule has 4 rings (SSSR count). The molecule has 0 saturated carbocycles. The largest absolute Gasteiger partial charge is 0.456 e. The van der Waals surface area contributed by atoms with Gasteiger partial charge in [0, 0.05) is 18.2 Å². The van der Waals surface area contributed by atoms with Crippen LogP contribution in [0.2, 0.25) is 5.02 Å². The molecular weight excluding hydrogens is 393 g/mol. The van der Waals surface area contributed by atoms with Gasteiger partial charge >= 0.3 is 0 Å². The summed E-state index contributed by atoms with van der Waals surface area (Å²) >= 11 is 6.01. The summed E-state index contributed by atoms with van der Waals surface area (Å²) in [6, 6.07) is 13.2. The predicted octanol–water partition coefficient (Wildman–Crippen LogP) is 4.84. The monoisotopic (exact) mass is 411 g/mol. The number of nitrogens with zero attached hydrogens (tertiary/aromatic N) is 4. The van der Waals surface area contributed by atoms with Crippen molar-refractivity contribution in [2.45, 2.75) is 18.9 Å². The molecule has 29 heavy (non-hydrogen) atoms. The first kappa shape index (κ1) is 19.1.